The number of hydrazone groups is 1. The number of piperidine rings is 1. The number of amides is 2. The van der Waals surface area contributed by atoms with E-state index < -0.39 is 21.8 Å². The lowest BCUT2D eigenvalue weighted by molar-refractivity contribution is -0.146. The summed E-state index contributed by atoms with van der Waals surface area (Å²) < 4.78 is 33.9. The fourth-order valence-corrected chi connectivity index (χ4v) is 5.45. The van der Waals surface area contributed by atoms with Crippen LogP contribution in [0.5, 0.6) is 0 Å². The highest BCUT2D eigenvalue weighted by molar-refractivity contribution is 7.89. The van der Waals surface area contributed by atoms with Gasteiger partial charge < -0.3 is 9.32 Å². The first-order valence-electron chi connectivity index (χ1n) is 11.8. The van der Waals surface area contributed by atoms with Crippen LogP contribution < -0.4 is 5.43 Å². The topological polar surface area (TPSA) is 112 Å². The maximum atomic E-state index is 13.4. The van der Waals surface area contributed by atoms with Gasteiger partial charge in [-0.2, -0.15) is 9.41 Å². The summed E-state index contributed by atoms with van der Waals surface area (Å²) in [5, 5.41) is 4.25. The molecule has 1 fully saturated rings. The second-order valence-electron chi connectivity index (χ2n) is 8.57. The summed E-state index contributed by atoms with van der Waals surface area (Å²) in [6.07, 6.45) is 4.08. The van der Waals surface area contributed by atoms with Crippen molar-refractivity contribution in [3.05, 3.63) is 88.8 Å². The van der Waals surface area contributed by atoms with Crippen LogP contribution in [0.3, 0.4) is 0 Å². The van der Waals surface area contributed by atoms with E-state index in [0.717, 1.165) is 24.8 Å². The lowest BCUT2D eigenvalue weighted by Gasteiger charge is -2.25. The molecule has 2 amide bonds. The minimum atomic E-state index is -3.87. The Morgan fingerprint density at radius 1 is 0.973 bits per heavy atom. The van der Waals surface area contributed by atoms with Crippen LogP contribution in [0.2, 0.25) is 5.02 Å². The van der Waals surface area contributed by atoms with E-state index in [9.17, 15) is 18.0 Å². The van der Waals surface area contributed by atoms with Crippen LogP contribution in [-0.4, -0.2) is 48.7 Å². The Kier molecular flexibility index (Phi) is 8.75. The molecule has 4 rings (SSSR count). The third-order valence-corrected chi connectivity index (χ3v) is 7.92. The first-order chi connectivity index (χ1) is 17.8. The molecule has 1 saturated heterocycles. The number of likely N-dealkylation sites (tertiary alicyclic amines) is 1. The lowest BCUT2D eigenvalue weighted by atomic mass is 10.1. The number of halogens is 1. The summed E-state index contributed by atoms with van der Waals surface area (Å²) in [6.45, 7) is 1.23. The van der Waals surface area contributed by atoms with Crippen molar-refractivity contribution in [2.24, 2.45) is 5.10 Å². The van der Waals surface area contributed by atoms with Gasteiger partial charge in [-0.15, -0.1) is 0 Å². The summed E-state index contributed by atoms with van der Waals surface area (Å²) in [5.41, 5.74) is 3.04. The second-order valence-corrected chi connectivity index (χ2v) is 10.9. The molecule has 2 heterocycles. The molecule has 194 valence electrons. The zero-order valence-electron chi connectivity index (χ0n) is 20.0. The average Bonchev–Trinajstić information content (AvgIpc) is 3.36. The van der Waals surface area contributed by atoms with Gasteiger partial charge in [0.25, 0.3) is 0 Å². The van der Waals surface area contributed by atoms with Crippen LogP contribution in [0, 0.1) is 0 Å². The van der Waals surface area contributed by atoms with E-state index in [0.29, 0.717) is 29.6 Å². The molecular formula is C26H27ClN4O5S. The van der Waals surface area contributed by atoms with E-state index in [1.807, 2.05) is 30.3 Å². The predicted octanol–water partition coefficient (Wildman–Crippen LogP) is 3.79. The normalized spacial score (nSPS) is 14.3. The van der Waals surface area contributed by atoms with Crippen molar-refractivity contribution in [1.82, 2.24) is 14.6 Å². The average molecular weight is 543 g/mol. The Labute approximate surface area is 220 Å². The number of hydrogen-bond acceptors (Lipinski definition) is 6. The van der Waals surface area contributed by atoms with E-state index in [2.05, 4.69) is 10.5 Å². The molecular weight excluding hydrogens is 516 g/mol. The van der Waals surface area contributed by atoms with Crippen LogP contribution in [0.1, 0.15) is 36.3 Å². The van der Waals surface area contributed by atoms with Crippen molar-refractivity contribution in [3.63, 3.8) is 0 Å². The minimum absolute atomic E-state index is 0.0342. The van der Waals surface area contributed by atoms with Crippen LogP contribution in [0.25, 0.3) is 0 Å². The molecule has 1 aromatic heterocycles. The molecule has 0 unspecified atom stereocenters. The first kappa shape index (κ1) is 26.6. The van der Waals surface area contributed by atoms with Crippen LogP contribution in [0.4, 0.5) is 0 Å². The zero-order chi connectivity index (χ0) is 26.3. The Hall–Kier alpha value is -3.47. The van der Waals surface area contributed by atoms with Crippen LogP contribution >= 0.6 is 11.6 Å². The highest BCUT2D eigenvalue weighted by Gasteiger charge is 2.26. The summed E-state index contributed by atoms with van der Waals surface area (Å²) in [6, 6.07) is 18.5. The Balaban J connectivity index is 1.45. The van der Waals surface area contributed by atoms with Gasteiger partial charge in [-0.05, 0) is 61.2 Å². The second kappa shape index (κ2) is 12.2. The molecule has 11 heteroatoms. The largest absolute Gasteiger partial charge is 0.459 e. The fraction of sp³-hybridized carbons (Fsp3) is 0.269. The number of hydrogen-bond donors (Lipinski definition) is 1. The van der Waals surface area contributed by atoms with Gasteiger partial charge in [0.1, 0.15) is 11.5 Å². The predicted molar refractivity (Wildman–Crippen MR) is 139 cm³/mol. The molecule has 1 N–H and O–H groups in total. The van der Waals surface area contributed by atoms with E-state index in [1.165, 1.54) is 39.7 Å². The highest BCUT2D eigenvalue weighted by Crippen LogP contribution is 2.23. The zero-order valence-corrected chi connectivity index (χ0v) is 21.6. The molecule has 0 saturated carbocycles. The number of nitrogens with zero attached hydrogens (tertiary/aromatic N) is 3. The summed E-state index contributed by atoms with van der Waals surface area (Å²) in [7, 11) is -3.87. The number of sulfonamides is 1. The van der Waals surface area contributed by atoms with Crippen molar-refractivity contribution < 1.29 is 22.4 Å². The van der Waals surface area contributed by atoms with Gasteiger partial charge in [0.15, 0.2) is 0 Å². The van der Waals surface area contributed by atoms with Gasteiger partial charge in [0.2, 0.25) is 10.0 Å². The minimum Gasteiger partial charge on any atom is -0.459 e. The van der Waals surface area contributed by atoms with Gasteiger partial charge in [-0.1, -0.05) is 41.9 Å². The Bertz CT molecular complexity index is 1350. The summed E-state index contributed by atoms with van der Waals surface area (Å²) in [5.74, 6) is -0.746. The maximum Gasteiger partial charge on any atom is 0.329 e. The van der Waals surface area contributed by atoms with Crippen molar-refractivity contribution in [3.8, 4) is 0 Å². The number of furan rings is 1. The van der Waals surface area contributed by atoms with Crippen molar-refractivity contribution in [1.29, 1.82) is 0 Å². The number of carbonyl (C=O) groups is 2. The Morgan fingerprint density at radius 3 is 2.38 bits per heavy atom. The number of rotatable bonds is 8. The quantitative estimate of drug-likeness (QED) is 0.264. The third kappa shape index (κ3) is 7.06. The summed E-state index contributed by atoms with van der Waals surface area (Å²) in [4.78, 5) is 25.9. The van der Waals surface area contributed by atoms with Gasteiger partial charge in [0.05, 0.1) is 17.7 Å². The molecule has 3 aromatic rings. The number of nitrogens with one attached hydrogen (secondary N) is 1. The van der Waals surface area contributed by atoms with Gasteiger partial charge >= 0.3 is 11.8 Å². The fourth-order valence-electron chi connectivity index (χ4n) is 3.93. The molecule has 0 radical (unpaired) electrons. The van der Waals surface area contributed by atoms with Gasteiger partial charge in [-0.25, -0.2) is 13.8 Å². The van der Waals surface area contributed by atoms with E-state index in [1.54, 1.807) is 12.1 Å². The first-order valence-corrected chi connectivity index (χ1v) is 13.7. The SMILES string of the molecule is O=C(N/N=C/c1ccc(CN(Cc2ccccc2)S(=O)(=O)c2ccc(Cl)cc2)o1)C(=O)N1CCCCC1. The molecule has 37 heavy (non-hydrogen) atoms. The van der Waals surface area contributed by atoms with E-state index in [4.69, 9.17) is 16.0 Å². The molecule has 2 aromatic carbocycles. The monoisotopic (exact) mass is 542 g/mol. The Morgan fingerprint density at radius 2 is 1.68 bits per heavy atom. The molecule has 0 atom stereocenters. The van der Waals surface area contributed by atoms with Crippen molar-refractivity contribution in [2.75, 3.05) is 13.1 Å². The van der Waals surface area contributed by atoms with Gasteiger partial charge in [0, 0.05) is 24.7 Å². The molecule has 1 aliphatic heterocycles. The lowest BCUT2D eigenvalue weighted by Crippen LogP contribution is -2.43. The van der Waals surface area contributed by atoms with Crippen LogP contribution in [-0.2, 0) is 32.7 Å². The van der Waals surface area contributed by atoms with Crippen LogP contribution in [0.15, 0.2) is 81.1 Å². The molecule has 1 aliphatic rings. The maximum absolute atomic E-state index is 13.4. The number of benzene rings is 2. The van der Waals surface area contributed by atoms with E-state index in [-0.39, 0.29) is 18.0 Å². The molecule has 0 bridgehead atoms. The molecule has 0 aliphatic carbocycles. The van der Waals surface area contributed by atoms with E-state index >= 15 is 0 Å². The molecule has 9 nitrogen and oxygen atoms in total. The smallest absolute Gasteiger partial charge is 0.329 e. The highest BCUT2D eigenvalue weighted by atomic mass is 35.5. The third-order valence-electron chi connectivity index (χ3n) is 5.86. The number of carbonyl (C=O) groups excluding carboxylic acids is 2. The van der Waals surface area contributed by atoms with Crippen molar-refractivity contribution in [2.45, 2.75) is 37.2 Å². The van der Waals surface area contributed by atoms with Gasteiger partial charge in [-0.3, -0.25) is 9.59 Å². The van der Waals surface area contributed by atoms with Crippen molar-refractivity contribution >= 4 is 39.7 Å². The standard InChI is InChI=1S/C26H27ClN4O5S/c27-21-9-13-24(14-10-21)37(34,35)31(18-20-7-3-1-4-8-20)19-23-12-11-22(36-23)17-28-29-25(32)26(33)30-15-5-2-6-16-30/h1,3-4,7-14,17H,2,5-6,15-16,18-19H2,(H,29,32)/b28-17+. The summed E-state index contributed by atoms with van der Waals surface area (Å²) >= 11 is 5.94. The molecule has 0 spiro atoms.